The Morgan fingerprint density at radius 2 is 2.15 bits per heavy atom. The molecule has 4 aliphatic heterocycles. The molecule has 0 radical (unpaired) electrons. The van der Waals surface area contributed by atoms with E-state index in [4.69, 9.17) is 21.9 Å². The second-order valence-corrected chi connectivity index (χ2v) is 13.1. The third-order valence-corrected chi connectivity index (χ3v) is 10.9. The van der Waals surface area contributed by atoms with E-state index in [2.05, 4.69) is 32.9 Å². The molecule has 39 heavy (non-hydrogen) atoms. The van der Waals surface area contributed by atoms with Gasteiger partial charge in [0.1, 0.15) is 30.4 Å². The quantitative estimate of drug-likeness (QED) is 0.393. The number of hydrogen-bond acceptors (Lipinski definition) is 12. The Labute approximate surface area is 235 Å². The van der Waals surface area contributed by atoms with Gasteiger partial charge in [-0.15, -0.1) is 29.5 Å². The van der Waals surface area contributed by atoms with Gasteiger partial charge in [-0.25, -0.2) is 4.39 Å². The molecule has 2 N–H and O–H groups in total. The SMILES string of the molecule is C#CC(C)N(CC#N)c1nc(OC[C@@]23CCCN2C[C@H](F)C3)nc(N2CC3(C2)SCc2sc(N)c(C#N)c23)n1. The Morgan fingerprint density at radius 3 is 2.90 bits per heavy atom. The summed E-state index contributed by atoms with van der Waals surface area (Å²) in [5, 5.41) is 19.7. The van der Waals surface area contributed by atoms with Gasteiger partial charge in [-0.3, -0.25) is 4.90 Å². The summed E-state index contributed by atoms with van der Waals surface area (Å²) in [7, 11) is 0. The lowest BCUT2D eigenvalue weighted by molar-refractivity contribution is 0.107. The molecule has 4 aliphatic rings. The normalized spacial score (nSPS) is 25.3. The van der Waals surface area contributed by atoms with E-state index >= 15 is 0 Å². The number of nitrogen functional groups attached to an aromatic ring is 1. The minimum Gasteiger partial charge on any atom is -0.461 e. The van der Waals surface area contributed by atoms with E-state index in [0.29, 0.717) is 42.6 Å². The number of thiophene rings is 1. The lowest BCUT2D eigenvalue weighted by atomic mass is 9.88. The van der Waals surface area contributed by atoms with Crippen LogP contribution < -0.4 is 20.3 Å². The number of ether oxygens (including phenoxy) is 1. The maximum absolute atomic E-state index is 14.3. The van der Waals surface area contributed by atoms with Crippen LogP contribution in [-0.2, 0) is 10.5 Å². The molecule has 3 fully saturated rings. The zero-order chi connectivity index (χ0) is 27.4. The number of thioether (sulfide) groups is 1. The minimum atomic E-state index is -0.864. The Balaban J connectivity index is 1.30. The van der Waals surface area contributed by atoms with Crippen LogP contribution >= 0.6 is 23.1 Å². The molecule has 1 spiro atoms. The van der Waals surface area contributed by atoms with Gasteiger partial charge >= 0.3 is 6.01 Å². The van der Waals surface area contributed by atoms with E-state index in [1.54, 1.807) is 11.8 Å². The predicted octanol–water partition coefficient (Wildman–Crippen LogP) is 2.66. The van der Waals surface area contributed by atoms with Crippen LogP contribution in [0.2, 0.25) is 0 Å². The van der Waals surface area contributed by atoms with Crippen molar-refractivity contribution < 1.29 is 9.13 Å². The smallest absolute Gasteiger partial charge is 0.323 e. The van der Waals surface area contributed by atoms with Crippen LogP contribution in [0.1, 0.15) is 42.2 Å². The summed E-state index contributed by atoms with van der Waals surface area (Å²) in [6, 6.07) is 4.13. The molecule has 2 aromatic rings. The van der Waals surface area contributed by atoms with E-state index in [1.807, 2.05) is 16.7 Å². The standard InChI is InChI=1S/C26H28FN9OS2/c1-3-16(2)36(8-6-28)23-31-22(32-24(33-23)37-15-25-5-4-7-35(25)11-17(27)9-25)34-13-26(14-34)20-18(10-29)21(30)39-19(20)12-38-26/h1,16-17H,4-5,7-9,11-15,30H2,2H3/t16?,17-,25+/m1/s1. The van der Waals surface area contributed by atoms with Crippen LogP contribution in [0, 0.1) is 35.0 Å². The Hall–Kier alpha value is -3.31. The molecule has 2 aromatic heterocycles. The molecular formula is C26H28FN9OS2. The summed E-state index contributed by atoms with van der Waals surface area (Å²) in [5.74, 6) is 4.14. The van der Waals surface area contributed by atoms with Gasteiger partial charge in [0.25, 0.3) is 0 Å². The van der Waals surface area contributed by atoms with E-state index in [9.17, 15) is 14.9 Å². The average molecular weight is 566 g/mol. The first kappa shape index (κ1) is 25.9. The molecule has 0 saturated carbocycles. The predicted molar refractivity (Wildman–Crippen MR) is 148 cm³/mol. The van der Waals surface area contributed by atoms with Crippen molar-refractivity contribution in [3.8, 4) is 30.5 Å². The molecule has 6 heterocycles. The summed E-state index contributed by atoms with van der Waals surface area (Å²) in [4.78, 5) is 20.9. The van der Waals surface area contributed by atoms with Gasteiger partial charge in [0.2, 0.25) is 11.9 Å². The number of fused-ring (bicyclic) bond motifs is 3. The maximum atomic E-state index is 14.3. The number of nitrogens with zero attached hydrogens (tertiary/aromatic N) is 8. The van der Waals surface area contributed by atoms with Crippen LogP contribution in [0.25, 0.3) is 0 Å². The summed E-state index contributed by atoms with van der Waals surface area (Å²) in [5.41, 5.74) is 7.39. The van der Waals surface area contributed by atoms with Crippen LogP contribution in [0.5, 0.6) is 6.01 Å². The Bertz CT molecular complexity index is 1420. The molecule has 6 rings (SSSR count). The van der Waals surface area contributed by atoms with Gasteiger partial charge in [0.05, 0.1) is 28.0 Å². The number of rotatable bonds is 7. The largest absolute Gasteiger partial charge is 0.461 e. The molecule has 3 atom stereocenters. The first-order valence-corrected chi connectivity index (χ1v) is 14.7. The third kappa shape index (κ3) is 4.22. The van der Waals surface area contributed by atoms with Crippen LogP contribution in [-0.4, -0.2) is 76.9 Å². The molecule has 10 nitrogen and oxygen atoms in total. The maximum Gasteiger partial charge on any atom is 0.323 e. The van der Waals surface area contributed by atoms with Crippen LogP contribution in [0.15, 0.2) is 0 Å². The monoisotopic (exact) mass is 565 g/mol. The van der Waals surface area contributed by atoms with Crippen molar-refractivity contribution in [3.63, 3.8) is 0 Å². The second-order valence-electron chi connectivity index (χ2n) is 10.6. The summed E-state index contributed by atoms with van der Waals surface area (Å²) in [6.07, 6.45) is 7.13. The van der Waals surface area contributed by atoms with Gasteiger partial charge in [0, 0.05) is 42.2 Å². The molecule has 0 aromatic carbocycles. The number of alkyl halides is 1. The lowest BCUT2D eigenvalue weighted by Gasteiger charge is -2.47. The van der Waals surface area contributed by atoms with Crippen LogP contribution in [0.4, 0.5) is 21.3 Å². The van der Waals surface area contributed by atoms with Crippen molar-refractivity contribution in [1.82, 2.24) is 19.9 Å². The molecular weight excluding hydrogens is 537 g/mol. The Morgan fingerprint density at radius 1 is 1.33 bits per heavy atom. The highest BCUT2D eigenvalue weighted by atomic mass is 32.2. The molecule has 0 amide bonds. The van der Waals surface area contributed by atoms with Crippen molar-refractivity contribution in [2.45, 2.75) is 54.4 Å². The lowest BCUT2D eigenvalue weighted by Crippen LogP contribution is -2.57. The average Bonchev–Trinajstić information content (AvgIpc) is 3.62. The van der Waals surface area contributed by atoms with E-state index in [-0.39, 0.29) is 35.4 Å². The zero-order valence-corrected chi connectivity index (χ0v) is 23.2. The Kier molecular flexibility index (Phi) is 6.46. The van der Waals surface area contributed by atoms with Crippen molar-refractivity contribution in [3.05, 3.63) is 16.0 Å². The number of halogens is 1. The fourth-order valence-electron chi connectivity index (χ4n) is 6.29. The fraction of sp³-hybridized carbons (Fsp3) is 0.577. The van der Waals surface area contributed by atoms with Crippen molar-refractivity contribution >= 4 is 40.0 Å². The molecule has 13 heteroatoms. The second kappa shape index (κ2) is 9.71. The summed E-state index contributed by atoms with van der Waals surface area (Å²) < 4.78 is 20.2. The highest BCUT2D eigenvalue weighted by molar-refractivity contribution is 8.00. The zero-order valence-electron chi connectivity index (χ0n) is 21.6. The fourth-order valence-corrected chi connectivity index (χ4v) is 9.10. The molecule has 3 saturated heterocycles. The number of terminal acetylenes is 1. The molecule has 202 valence electrons. The van der Waals surface area contributed by atoms with Crippen molar-refractivity contribution in [2.75, 3.05) is 54.9 Å². The molecule has 1 unspecified atom stereocenters. The van der Waals surface area contributed by atoms with Gasteiger partial charge < -0.3 is 20.3 Å². The minimum absolute atomic E-state index is 0.00162. The van der Waals surface area contributed by atoms with Gasteiger partial charge in [0.15, 0.2) is 0 Å². The topological polar surface area (TPSA) is 131 Å². The van der Waals surface area contributed by atoms with Crippen LogP contribution in [0.3, 0.4) is 0 Å². The number of hydrogen-bond donors (Lipinski definition) is 1. The molecule has 0 aliphatic carbocycles. The van der Waals surface area contributed by atoms with Gasteiger partial charge in [-0.05, 0) is 26.3 Å². The summed E-state index contributed by atoms with van der Waals surface area (Å²) in [6.45, 7) is 4.57. The first-order chi connectivity index (χ1) is 18.8. The van der Waals surface area contributed by atoms with E-state index in [1.165, 1.54) is 11.3 Å². The number of anilines is 3. The first-order valence-electron chi connectivity index (χ1n) is 12.9. The highest BCUT2D eigenvalue weighted by Crippen LogP contribution is 2.57. The van der Waals surface area contributed by atoms with Crippen molar-refractivity contribution in [2.24, 2.45) is 0 Å². The summed E-state index contributed by atoms with van der Waals surface area (Å²) >= 11 is 3.30. The number of nitriles is 2. The van der Waals surface area contributed by atoms with Crippen molar-refractivity contribution in [1.29, 1.82) is 10.5 Å². The van der Waals surface area contributed by atoms with E-state index < -0.39 is 12.2 Å². The number of aromatic nitrogens is 3. The molecule has 0 bridgehead atoms. The number of nitrogens with two attached hydrogens (primary N) is 1. The van der Waals surface area contributed by atoms with Gasteiger partial charge in [-0.2, -0.15) is 25.5 Å². The highest BCUT2D eigenvalue weighted by Gasteiger charge is 2.53. The van der Waals surface area contributed by atoms with Gasteiger partial charge in [-0.1, -0.05) is 5.92 Å². The van der Waals surface area contributed by atoms with E-state index in [0.717, 1.165) is 35.6 Å². The third-order valence-electron chi connectivity index (χ3n) is 8.26.